The van der Waals surface area contributed by atoms with Crippen molar-refractivity contribution in [1.82, 2.24) is 15.5 Å². The Balaban J connectivity index is 1.50. The predicted octanol–water partition coefficient (Wildman–Crippen LogP) is 3.39. The quantitative estimate of drug-likeness (QED) is 0.731. The van der Waals surface area contributed by atoms with Crippen molar-refractivity contribution in [2.75, 3.05) is 27.3 Å². The number of urea groups is 1. The summed E-state index contributed by atoms with van der Waals surface area (Å²) < 4.78 is 10.7. The number of likely N-dealkylation sites (tertiary alicyclic amines) is 1. The first-order chi connectivity index (χ1) is 14.1. The number of carbonyl (C=O) groups is 2. The van der Waals surface area contributed by atoms with Gasteiger partial charge in [0.1, 0.15) is 0 Å². The van der Waals surface area contributed by atoms with Crippen LogP contribution in [0.5, 0.6) is 11.5 Å². The highest BCUT2D eigenvalue weighted by atomic mass is 16.5. The molecule has 0 radical (unpaired) electrons. The van der Waals surface area contributed by atoms with Crippen molar-refractivity contribution < 1.29 is 19.1 Å². The van der Waals surface area contributed by atoms with Crippen LogP contribution < -0.4 is 20.1 Å². The fraction of sp³-hybridized carbons (Fsp3) is 0.636. The molecule has 3 rings (SSSR count). The number of ether oxygens (including phenoxy) is 2. The average molecular weight is 404 g/mol. The Morgan fingerprint density at radius 1 is 1.03 bits per heavy atom. The number of benzene rings is 1. The Morgan fingerprint density at radius 2 is 1.79 bits per heavy atom. The van der Waals surface area contributed by atoms with Crippen LogP contribution in [0.4, 0.5) is 4.79 Å². The minimum absolute atomic E-state index is 0.0402. The second kappa shape index (κ2) is 10.4. The molecule has 0 bridgehead atoms. The van der Waals surface area contributed by atoms with Crippen LogP contribution >= 0.6 is 0 Å². The van der Waals surface area contributed by atoms with Crippen molar-refractivity contribution in [3.8, 4) is 11.5 Å². The molecule has 2 N–H and O–H groups in total. The number of nitrogens with zero attached hydrogens (tertiary/aromatic N) is 1. The molecule has 1 aliphatic carbocycles. The fourth-order valence-corrected chi connectivity index (χ4v) is 4.38. The van der Waals surface area contributed by atoms with E-state index in [0.717, 1.165) is 37.8 Å². The first-order valence-corrected chi connectivity index (χ1v) is 10.7. The lowest BCUT2D eigenvalue weighted by molar-refractivity contribution is -0.132. The summed E-state index contributed by atoms with van der Waals surface area (Å²) >= 11 is 0. The lowest BCUT2D eigenvalue weighted by Gasteiger charge is -2.26. The van der Waals surface area contributed by atoms with Crippen LogP contribution in [0.1, 0.15) is 63.0 Å². The number of methoxy groups -OCH3 is 2. The summed E-state index contributed by atoms with van der Waals surface area (Å²) in [6, 6.07) is 5.97. The van der Waals surface area contributed by atoms with Crippen molar-refractivity contribution in [2.45, 2.75) is 63.5 Å². The third kappa shape index (κ3) is 5.55. The topological polar surface area (TPSA) is 79.9 Å². The molecule has 29 heavy (non-hydrogen) atoms. The van der Waals surface area contributed by atoms with Gasteiger partial charge in [-0.2, -0.15) is 0 Å². The molecule has 1 aromatic carbocycles. The molecule has 1 atom stereocenters. The van der Waals surface area contributed by atoms with Gasteiger partial charge in [0.05, 0.1) is 20.3 Å². The summed E-state index contributed by atoms with van der Waals surface area (Å²) in [6.45, 7) is 1.10. The molecule has 2 fully saturated rings. The average Bonchev–Trinajstić information content (AvgIpc) is 3.24. The van der Waals surface area contributed by atoms with E-state index >= 15 is 0 Å². The van der Waals surface area contributed by atoms with E-state index in [-0.39, 0.29) is 24.0 Å². The van der Waals surface area contributed by atoms with Crippen molar-refractivity contribution in [1.29, 1.82) is 0 Å². The maximum Gasteiger partial charge on any atom is 0.315 e. The van der Waals surface area contributed by atoms with Gasteiger partial charge in [-0.05, 0) is 43.4 Å². The fourth-order valence-electron chi connectivity index (χ4n) is 4.38. The molecule has 3 amide bonds. The molecule has 1 heterocycles. The monoisotopic (exact) mass is 403 g/mol. The first kappa shape index (κ1) is 21.3. The number of carbonyl (C=O) groups excluding carboxylic acids is 2. The molecule has 7 nitrogen and oxygen atoms in total. The van der Waals surface area contributed by atoms with Gasteiger partial charge in [-0.1, -0.05) is 25.3 Å². The standard InChI is InChI=1S/C22H33N3O4/c1-28-19-11-10-16(15-20(19)29-2)18-9-6-14-25(18)21(26)12-13-23-22(27)24-17-7-4-3-5-8-17/h10-11,15,17-18H,3-9,12-14H2,1-2H3,(H2,23,24,27). The smallest absolute Gasteiger partial charge is 0.315 e. The Morgan fingerprint density at radius 3 is 2.52 bits per heavy atom. The molecular weight excluding hydrogens is 370 g/mol. The molecule has 1 saturated heterocycles. The zero-order valence-corrected chi connectivity index (χ0v) is 17.5. The SMILES string of the molecule is COc1ccc(C2CCCN2C(=O)CCNC(=O)NC2CCCCC2)cc1OC. The van der Waals surface area contributed by atoms with E-state index in [0.29, 0.717) is 24.5 Å². The molecule has 1 aromatic rings. The maximum atomic E-state index is 12.8. The van der Waals surface area contributed by atoms with Crippen molar-refractivity contribution in [2.24, 2.45) is 0 Å². The first-order valence-electron chi connectivity index (χ1n) is 10.7. The Kier molecular flexibility index (Phi) is 7.61. The highest BCUT2D eigenvalue weighted by Gasteiger charge is 2.30. The van der Waals surface area contributed by atoms with E-state index in [1.807, 2.05) is 23.1 Å². The second-order valence-corrected chi connectivity index (χ2v) is 7.84. The van der Waals surface area contributed by atoms with Gasteiger partial charge in [-0.3, -0.25) is 4.79 Å². The van der Waals surface area contributed by atoms with E-state index in [9.17, 15) is 9.59 Å². The van der Waals surface area contributed by atoms with Crippen LogP contribution in [0.3, 0.4) is 0 Å². The van der Waals surface area contributed by atoms with E-state index < -0.39 is 0 Å². The van der Waals surface area contributed by atoms with Crippen LogP contribution in [0, 0.1) is 0 Å². The van der Waals surface area contributed by atoms with E-state index in [2.05, 4.69) is 10.6 Å². The highest BCUT2D eigenvalue weighted by molar-refractivity contribution is 5.79. The highest BCUT2D eigenvalue weighted by Crippen LogP contribution is 2.37. The van der Waals surface area contributed by atoms with Gasteiger partial charge < -0.3 is 25.0 Å². The summed E-state index contributed by atoms with van der Waals surface area (Å²) in [7, 11) is 3.23. The van der Waals surface area contributed by atoms with Gasteiger partial charge >= 0.3 is 6.03 Å². The minimum atomic E-state index is -0.164. The van der Waals surface area contributed by atoms with E-state index in [1.54, 1.807) is 14.2 Å². The number of hydrogen-bond acceptors (Lipinski definition) is 4. The van der Waals surface area contributed by atoms with Gasteiger partial charge in [-0.15, -0.1) is 0 Å². The zero-order chi connectivity index (χ0) is 20.6. The lowest BCUT2D eigenvalue weighted by Crippen LogP contribution is -2.44. The summed E-state index contributed by atoms with van der Waals surface area (Å²) in [5.74, 6) is 1.42. The van der Waals surface area contributed by atoms with E-state index in [4.69, 9.17) is 9.47 Å². The molecule has 2 aliphatic rings. The molecule has 7 heteroatoms. The minimum Gasteiger partial charge on any atom is -0.493 e. The summed E-state index contributed by atoms with van der Waals surface area (Å²) in [5, 5.41) is 5.86. The van der Waals surface area contributed by atoms with Crippen LogP contribution in [-0.4, -0.2) is 50.2 Å². The normalized spacial score (nSPS) is 19.7. The second-order valence-electron chi connectivity index (χ2n) is 7.84. The van der Waals surface area contributed by atoms with Crippen LogP contribution in [-0.2, 0) is 4.79 Å². The van der Waals surface area contributed by atoms with Gasteiger partial charge in [0.15, 0.2) is 11.5 Å². The molecule has 1 unspecified atom stereocenters. The van der Waals surface area contributed by atoms with Crippen molar-refractivity contribution in [3.05, 3.63) is 23.8 Å². The van der Waals surface area contributed by atoms with Crippen LogP contribution in [0.25, 0.3) is 0 Å². The number of amides is 3. The Bertz CT molecular complexity index is 703. The van der Waals surface area contributed by atoms with Crippen molar-refractivity contribution >= 4 is 11.9 Å². The largest absolute Gasteiger partial charge is 0.493 e. The number of hydrogen-bond donors (Lipinski definition) is 2. The number of rotatable bonds is 7. The molecule has 1 saturated carbocycles. The third-order valence-corrected chi connectivity index (χ3v) is 5.93. The Hall–Kier alpha value is -2.44. The van der Waals surface area contributed by atoms with Gasteiger partial charge in [0.2, 0.25) is 5.91 Å². The number of nitrogens with one attached hydrogen (secondary N) is 2. The molecular formula is C22H33N3O4. The van der Waals surface area contributed by atoms with Crippen LogP contribution in [0.2, 0.25) is 0 Å². The van der Waals surface area contributed by atoms with Crippen molar-refractivity contribution in [3.63, 3.8) is 0 Å². The summed E-state index contributed by atoms with van der Waals surface area (Å²) in [6.07, 6.45) is 7.91. The maximum absolute atomic E-state index is 12.8. The molecule has 160 valence electrons. The Labute approximate surface area is 173 Å². The van der Waals surface area contributed by atoms with Crippen LogP contribution in [0.15, 0.2) is 18.2 Å². The molecule has 0 spiro atoms. The zero-order valence-electron chi connectivity index (χ0n) is 17.5. The molecule has 0 aromatic heterocycles. The van der Waals surface area contributed by atoms with E-state index in [1.165, 1.54) is 19.3 Å². The predicted molar refractivity (Wildman–Crippen MR) is 111 cm³/mol. The summed E-state index contributed by atoms with van der Waals surface area (Å²) in [4.78, 5) is 26.8. The van der Waals surface area contributed by atoms with Gasteiger partial charge in [0.25, 0.3) is 0 Å². The molecule has 1 aliphatic heterocycles. The third-order valence-electron chi connectivity index (χ3n) is 5.93. The van der Waals surface area contributed by atoms with Gasteiger partial charge in [-0.25, -0.2) is 4.79 Å². The van der Waals surface area contributed by atoms with Gasteiger partial charge in [0, 0.05) is 25.6 Å². The lowest BCUT2D eigenvalue weighted by atomic mass is 9.96. The summed E-state index contributed by atoms with van der Waals surface area (Å²) in [5.41, 5.74) is 1.05.